The third-order valence-electron chi connectivity index (χ3n) is 7.31. The number of hydrogen-bond acceptors (Lipinski definition) is 5. The third kappa shape index (κ3) is 8.80. The van der Waals surface area contributed by atoms with Gasteiger partial charge in [-0.1, -0.05) is 85.8 Å². The Hall–Kier alpha value is -5.60. The van der Waals surface area contributed by atoms with Gasteiger partial charge in [-0.2, -0.15) is 0 Å². The minimum atomic E-state index is -0.504. The molecule has 0 bridgehead atoms. The van der Waals surface area contributed by atoms with Crippen LogP contribution in [0.2, 0.25) is 0 Å². The molecule has 3 amide bonds. The molecule has 242 valence electrons. The van der Waals surface area contributed by atoms with Crippen molar-refractivity contribution in [2.75, 3.05) is 16.8 Å². The van der Waals surface area contributed by atoms with Gasteiger partial charge in [-0.25, -0.2) is 0 Å². The zero-order chi connectivity index (χ0) is 33.7. The molecule has 5 aromatic carbocycles. The summed E-state index contributed by atoms with van der Waals surface area (Å²) in [7, 11) is 0. The molecule has 0 saturated heterocycles. The van der Waals surface area contributed by atoms with Crippen LogP contribution < -0.4 is 20.3 Å². The van der Waals surface area contributed by atoms with E-state index >= 15 is 0 Å². The Labute approximate surface area is 285 Å². The fraction of sp³-hybridized carbons (Fsp3) is 0.125. The second-order valence-corrected chi connectivity index (χ2v) is 12.0. The van der Waals surface area contributed by atoms with E-state index in [0.29, 0.717) is 35.6 Å². The Kier molecular flexibility index (Phi) is 11.8. The molecule has 48 heavy (non-hydrogen) atoms. The first-order valence-electron chi connectivity index (χ1n) is 15.8. The van der Waals surface area contributed by atoms with Gasteiger partial charge in [0.05, 0.1) is 11.9 Å². The molecule has 1 atom stereocenters. The van der Waals surface area contributed by atoms with Crippen molar-refractivity contribution in [3.05, 3.63) is 156 Å². The van der Waals surface area contributed by atoms with E-state index in [1.54, 1.807) is 41.3 Å². The van der Waals surface area contributed by atoms with Gasteiger partial charge in [0.2, 0.25) is 5.91 Å². The average Bonchev–Trinajstić information content (AvgIpc) is 3.12. The van der Waals surface area contributed by atoms with Gasteiger partial charge in [0.15, 0.2) is 0 Å². The zero-order valence-electron chi connectivity index (χ0n) is 26.8. The van der Waals surface area contributed by atoms with Gasteiger partial charge in [0, 0.05) is 33.1 Å². The second-order valence-electron chi connectivity index (χ2n) is 10.7. The van der Waals surface area contributed by atoms with E-state index < -0.39 is 17.1 Å². The van der Waals surface area contributed by atoms with Crippen molar-refractivity contribution in [1.29, 1.82) is 0 Å². The number of para-hydroxylation sites is 3. The fourth-order valence-electron chi connectivity index (χ4n) is 5.00. The summed E-state index contributed by atoms with van der Waals surface area (Å²) in [5.74, 6) is -0.375. The normalized spacial score (nSPS) is 11.7. The minimum Gasteiger partial charge on any atom is -0.493 e. The molecule has 2 N–H and O–H groups in total. The van der Waals surface area contributed by atoms with Gasteiger partial charge in [0.1, 0.15) is 11.4 Å². The van der Waals surface area contributed by atoms with Crippen LogP contribution in [0.15, 0.2) is 150 Å². The Bertz CT molecular complexity index is 1820. The zero-order valence-corrected chi connectivity index (χ0v) is 27.7. The van der Waals surface area contributed by atoms with Crippen LogP contribution in [0.3, 0.4) is 0 Å². The monoisotopic (exact) mass is 655 g/mol. The second kappa shape index (κ2) is 16.8. The van der Waals surface area contributed by atoms with Crippen LogP contribution in [-0.2, 0) is 9.59 Å². The SMILES string of the molecule is CCOc1ccccc1/C=C(/NC(=O)c1ccccc1)C(=O)Nc1cccc(SC(CC)C(=O)N(c2ccccc2)c2ccccc2)c1. The molecule has 0 heterocycles. The highest BCUT2D eigenvalue weighted by Crippen LogP contribution is 2.33. The number of rotatable bonds is 13. The minimum absolute atomic E-state index is 0.0452. The van der Waals surface area contributed by atoms with Crippen LogP contribution in [-0.4, -0.2) is 29.6 Å². The van der Waals surface area contributed by atoms with E-state index in [0.717, 1.165) is 16.3 Å². The van der Waals surface area contributed by atoms with Gasteiger partial charge in [-0.05, 0) is 80.1 Å². The highest BCUT2D eigenvalue weighted by molar-refractivity contribution is 8.00. The molecule has 0 radical (unpaired) electrons. The van der Waals surface area contributed by atoms with Crippen LogP contribution in [0.25, 0.3) is 6.08 Å². The number of hydrogen-bond donors (Lipinski definition) is 2. The molecular weight excluding hydrogens is 619 g/mol. The van der Waals surface area contributed by atoms with Gasteiger partial charge in [-0.15, -0.1) is 11.8 Å². The molecule has 5 aromatic rings. The maximum atomic E-state index is 14.1. The van der Waals surface area contributed by atoms with Gasteiger partial charge in [0.25, 0.3) is 11.8 Å². The largest absolute Gasteiger partial charge is 0.493 e. The van der Waals surface area contributed by atoms with Crippen LogP contribution in [0.4, 0.5) is 17.1 Å². The van der Waals surface area contributed by atoms with Gasteiger partial charge in [-0.3, -0.25) is 19.3 Å². The van der Waals surface area contributed by atoms with E-state index in [2.05, 4.69) is 10.6 Å². The Balaban J connectivity index is 1.38. The van der Waals surface area contributed by atoms with Crippen LogP contribution in [0, 0.1) is 0 Å². The predicted molar refractivity (Wildman–Crippen MR) is 195 cm³/mol. The van der Waals surface area contributed by atoms with E-state index in [9.17, 15) is 14.4 Å². The Morgan fingerprint density at radius 2 is 1.35 bits per heavy atom. The number of carbonyl (C=O) groups is 3. The number of nitrogens with zero attached hydrogens (tertiary/aromatic N) is 1. The van der Waals surface area contributed by atoms with Crippen LogP contribution >= 0.6 is 11.8 Å². The third-order valence-corrected chi connectivity index (χ3v) is 8.66. The van der Waals surface area contributed by atoms with E-state index in [4.69, 9.17) is 4.74 Å². The van der Waals surface area contributed by atoms with Crippen molar-refractivity contribution in [2.45, 2.75) is 30.4 Å². The number of ether oxygens (including phenoxy) is 1. The van der Waals surface area contributed by atoms with Crippen molar-refractivity contribution < 1.29 is 19.1 Å². The highest BCUT2D eigenvalue weighted by atomic mass is 32.2. The molecule has 0 saturated carbocycles. The number of amides is 3. The standard InChI is InChI=1S/C40H37N3O4S/c1-3-37(40(46)43(32-21-10-6-11-22-32)33-23-12-7-13-24-33)48-34-25-16-20-31(28-34)41-39(45)35(42-38(44)29-17-8-5-9-18-29)27-30-19-14-15-26-36(30)47-4-2/h5-28,37H,3-4H2,1-2H3,(H,41,45)(H,42,44)/b35-27+. The van der Waals surface area contributed by atoms with Gasteiger partial charge >= 0.3 is 0 Å². The Morgan fingerprint density at radius 3 is 1.98 bits per heavy atom. The number of benzene rings is 5. The fourth-order valence-corrected chi connectivity index (χ4v) is 6.06. The maximum absolute atomic E-state index is 14.1. The van der Waals surface area contributed by atoms with Gasteiger partial charge < -0.3 is 15.4 Å². The summed E-state index contributed by atoms with van der Waals surface area (Å²) >= 11 is 1.44. The first-order valence-corrected chi connectivity index (χ1v) is 16.7. The van der Waals surface area contributed by atoms with Crippen LogP contribution in [0.1, 0.15) is 36.2 Å². The first-order chi connectivity index (χ1) is 23.5. The maximum Gasteiger partial charge on any atom is 0.272 e. The Morgan fingerprint density at radius 1 is 0.750 bits per heavy atom. The lowest BCUT2D eigenvalue weighted by Crippen LogP contribution is -2.34. The summed E-state index contributed by atoms with van der Waals surface area (Å²) in [6.45, 7) is 4.32. The summed E-state index contributed by atoms with van der Waals surface area (Å²) in [5, 5.41) is 5.32. The summed E-state index contributed by atoms with van der Waals surface area (Å²) in [5.41, 5.74) is 3.22. The molecule has 8 heteroatoms. The molecule has 0 aliphatic heterocycles. The molecule has 0 fully saturated rings. The topological polar surface area (TPSA) is 87.7 Å². The molecule has 0 spiro atoms. The number of nitrogens with one attached hydrogen (secondary N) is 2. The molecule has 0 aromatic heterocycles. The summed E-state index contributed by atoms with van der Waals surface area (Å²) in [6.07, 6.45) is 2.20. The summed E-state index contributed by atoms with van der Waals surface area (Å²) in [4.78, 5) is 43.5. The molecule has 0 aliphatic carbocycles. The van der Waals surface area contributed by atoms with Crippen molar-refractivity contribution in [3.8, 4) is 5.75 Å². The number of anilines is 3. The molecule has 5 rings (SSSR count). The van der Waals surface area contributed by atoms with Crippen molar-refractivity contribution in [3.63, 3.8) is 0 Å². The highest BCUT2D eigenvalue weighted by Gasteiger charge is 2.27. The summed E-state index contributed by atoms with van der Waals surface area (Å²) in [6, 6.07) is 42.6. The van der Waals surface area contributed by atoms with Crippen molar-refractivity contribution in [2.24, 2.45) is 0 Å². The molecule has 7 nitrogen and oxygen atoms in total. The van der Waals surface area contributed by atoms with E-state index in [1.165, 1.54) is 11.8 Å². The quantitative estimate of drug-likeness (QED) is 0.0979. The van der Waals surface area contributed by atoms with E-state index in [-0.39, 0.29) is 11.6 Å². The smallest absolute Gasteiger partial charge is 0.272 e. The van der Waals surface area contributed by atoms with Crippen molar-refractivity contribution >= 4 is 52.6 Å². The molecule has 0 aliphatic rings. The van der Waals surface area contributed by atoms with Crippen LogP contribution in [0.5, 0.6) is 5.75 Å². The number of carbonyl (C=O) groups excluding carboxylic acids is 3. The lowest BCUT2D eigenvalue weighted by molar-refractivity contribution is -0.117. The first kappa shape index (κ1) is 33.8. The number of thioether (sulfide) groups is 1. The average molecular weight is 656 g/mol. The lowest BCUT2D eigenvalue weighted by Gasteiger charge is -2.27. The predicted octanol–water partition coefficient (Wildman–Crippen LogP) is 8.73. The molecular formula is C40H37N3O4S. The summed E-state index contributed by atoms with van der Waals surface area (Å²) < 4.78 is 5.76. The van der Waals surface area contributed by atoms with Crippen molar-refractivity contribution in [1.82, 2.24) is 5.32 Å². The lowest BCUT2D eigenvalue weighted by atomic mass is 10.1. The molecule has 1 unspecified atom stereocenters. The van der Waals surface area contributed by atoms with E-state index in [1.807, 2.05) is 123 Å².